The van der Waals surface area contributed by atoms with Gasteiger partial charge in [0.15, 0.2) is 6.29 Å². The minimum absolute atomic E-state index is 0.0126. The molecule has 1 saturated heterocycles. The van der Waals surface area contributed by atoms with E-state index in [1.54, 1.807) is 0 Å². The Bertz CT molecular complexity index is 229. The molecular formula is C13H22O2. The van der Waals surface area contributed by atoms with Gasteiger partial charge in [-0.3, -0.25) is 0 Å². The highest BCUT2D eigenvalue weighted by atomic mass is 16.7. The summed E-state index contributed by atoms with van der Waals surface area (Å²) in [6.07, 6.45) is 8.26. The molecule has 1 spiro atoms. The van der Waals surface area contributed by atoms with Crippen LogP contribution in [0.2, 0.25) is 0 Å². The summed E-state index contributed by atoms with van der Waals surface area (Å²) in [5.74, 6) is 0. The van der Waals surface area contributed by atoms with Crippen molar-refractivity contribution in [2.45, 2.75) is 63.8 Å². The summed E-state index contributed by atoms with van der Waals surface area (Å²) in [5, 5.41) is 0. The Morgan fingerprint density at radius 2 is 2.13 bits per heavy atom. The molecule has 1 heterocycles. The highest BCUT2D eigenvalue weighted by Crippen LogP contribution is 2.43. The van der Waals surface area contributed by atoms with Gasteiger partial charge < -0.3 is 9.47 Å². The van der Waals surface area contributed by atoms with Crippen LogP contribution < -0.4 is 0 Å². The predicted molar refractivity (Wildman–Crippen MR) is 60.7 cm³/mol. The van der Waals surface area contributed by atoms with Gasteiger partial charge in [0.05, 0.1) is 5.60 Å². The summed E-state index contributed by atoms with van der Waals surface area (Å²) in [7, 11) is 0. The van der Waals surface area contributed by atoms with Crippen LogP contribution in [0.1, 0.15) is 51.9 Å². The molecule has 2 fully saturated rings. The molecule has 0 bridgehead atoms. The van der Waals surface area contributed by atoms with Crippen LogP contribution >= 0.6 is 0 Å². The molecule has 2 heteroatoms. The maximum Gasteiger partial charge on any atom is 0.159 e. The van der Waals surface area contributed by atoms with E-state index in [4.69, 9.17) is 9.47 Å². The largest absolute Gasteiger partial charge is 0.353 e. The first-order valence-corrected chi connectivity index (χ1v) is 6.24. The summed E-state index contributed by atoms with van der Waals surface area (Å²) >= 11 is 0. The lowest BCUT2D eigenvalue weighted by Gasteiger charge is -2.45. The molecule has 0 N–H and O–H groups in total. The first-order valence-electron chi connectivity index (χ1n) is 6.24. The maximum atomic E-state index is 6.15. The SMILES string of the molecule is C=C1CCC(OCC)OC12CCCCC2. The van der Waals surface area contributed by atoms with Gasteiger partial charge in [-0.05, 0) is 31.8 Å². The normalized spacial score (nSPS) is 30.7. The van der Waals surface area contributed by atoms with E-state index in [9.17, 15) is 0 Å². The van der Waals surface area contributed by atoms with Crippen LogP contribution in [0.3, 0.4) is 0 Å². The van der Waals surface area contributed by atoms with Crippen LogP contribution in [-0.2, 0) is 9.47 Å². The first kappa shape index (κ1) is 11.2. The minimum atomic E-state index is -0.0314. The van der Waals surface area contributed by atoms with E-state index >= 15 is 0 Å². The highest BCUT2D eigenvalue weighted by Gasteiger charge is 2.41. The Morgan fingerprint density at radius 3 is 2.80 bits per heavy atom. The number of rotatable bonds is 2. The van der Waals surface area contributed by atoms with E-state index in [0.717, 1.165) is 32.3 Å². The van der Waals surface area contributed by atoms with Crippen molar-refractivity contribution in [2.24, 2.45) is 0 Å². The van der Waals surface area contributed by atoms with Crippen LogP contribution in [0.15, 0.2) is 12.2 Å². The molecule has 2 aliphatic rings. The van der Waals surface area contributed by atoms with Crippen molar-refractivity contribution in [3.8, 4) is 0 Å². The second kappa shape index (κ2) is 4.67. The lowest BCUT2D eigenvalue weighted by molar-refractivity contribution is -0.222. The van der Waals surface area contributed by atoms with Crippen LogP contribution in [0.4, 0.5) is 0 Å². The zero-order valence-corrected chi connectivity index (χ0v) is 9.76. The van der Waals surface area contributed by atoms with E-state index in [2.05, 4.69) is 6.58 Å². The topological polar surface area (TPSA) is 18.5 Å². The van der Waals surface area contributed by atoms with Gasteiger partial charge in [0.1, 0.15) is 0 Å². The van der Waals surface area contributed by atoms with E-state index < -0.39 is 0 Å². The fourth-order valence-electron chi connectivity index (χ4n) is 2.81. The van der Waals surface area contributed by atoms with Crippen LogP contribution in [-0.4, -0.2) is 18.5 Å². The standard InChI is InChI=1S/C13H22O2/c1-3-14-12-8-7-11(2)13(15-12)9-5-4-6-10-13/h12H,2-10H2,1H3. The molecular weight excluding hydrogens is 188 g/mol. The van der Waals surface area contributed by atoms with Gasteiger partial charge in [-0.25, -0.2) is 0 Å². The summed E-state index contributed by atoms with van der Waals surface area (Å²) in [6, 6.07) is 0. The van der Waals surface area contributed by atoms with Crippen LogP contribution in [0.25, 0.3) is 0 Å². The summed E-state index contributed by atoms with van der Waals surface area (Å²) in [4.78, 5) is 0. The Morgan fingerprint density at radius 1 is 1.40 bits per heavy atom. The van der Waals surface area contributed by atoms with Gasteiger partial charge in [-0.2, -0.15) is 0 Å². The second-order valence-corrected chi connectivity index (χ2v) is 4.70. The molecule has 0 amide bonds. The average Bonchev–Trinajstić information content (AvgIpc) is 2.26. The summed E-state index contributed by atoms with van der Waals surface area (Å²) < 4.78 is 11.7. The van der Waals surface area contributed by atoms with E-state index in [1.807, 2.05) is 6.92 Å². The highest BCUT2D eigenvalue weighted by molar-refractivity contribution is 5.16. The molecule has 0 aromatic rings. The number of ether oxygens (including phenoxy) is 2. The quantitative estimate of drug-likeness (QED) is 0.650. The van der Waals surface area contributed by atoms with Crippen molar-refractivity contribution < 1.29 is 9.47 Å². The van der Waals surface area contributed by atoms with Gasteiger partial charge >= 0.3 is 0 Å². The molecule has 0 aromatic heterocycles. The van der Waals surface area contributed by atoms with Crippen molar-refractivity contribution in [2.75, 3.05) is 6.61 Å². The van der Waals surface area contributed by atoms with Crippen molar-refractivity contribution in [1.29, 1.82) is 0 Å². The number of hydrogen-bond donors (Lipinski definition) is 0. The van der Waals surface area contributed by atoms with E-state index in [-0.39, 0.29) is 11.9 Å². The second-order valence-electron chi connectivity index (χ2n) is 4.70. The fourth-order valence-corrected chi connectivity index (χ4v) is 2.81. The molecule has 1 atom stereocenters. The van der Waals surface area contributed by atoms with Crippen molar-refractivity contribution >= 4 is 0 Å². The van der Waals surface area contributed by atoms with Gasteiger partial charge in [0.25, 0.3) is 0 Å². The molecule has 0 aromatic carbocycles. The maximum absolute atomic E-state index is 6.15. The van der Waals surface area contributed by atoms with Gasteiger partial charge in [-0.1, -0.05) is 25.8 Å². The van der Waals surface area contributed by atoms with Crippen LogP contribution in [0.5, 0.6) is 0 Å². The lowest BCUT2D eigenvalue weighted by Crippen LogP contribution is -2.44. The van der Waals surface area contributed by atoms with Crippen molar-refractivity contribution in [3.63, 3.8) is 0 Å². The molecule has 1 saturated carbocycles. The molecule has 86 valence electrons. The predicted octanol–water partition coefficient (Wildman–Crippen LogP) is 3.42. The third-order valence-electron chi connectivity index (χ3n) is 3.70. The summed E-state index contributed by atoms with van der Waals surface area (Å²) in [6.45, 7) is 6.98. The molecule has 1 aliphatic carbocycles. The first-order chi connectivity index (χ1) is 7.27. The van der Waals surface area contributed by atoms with Crippen LogP contribution in [0, 0.1) is 0 Å². The summed E-state index contributed by atoms with van der Waals surface area (Å²) in [5.41, 5.74) is 1.27. The third kappa shape index (κ3) is 2.26. The average molecular weight is 210 g/mol. The van der Waals surface area contributed by atoms with Crippen molar-refractivity contribution in [1.82, 2.24) is 0 Å². The zero-order chi connectivity index (χ0) is 10.7. The Hall–Kier alpha value is -0.340. The molecule has 2 rings (SSSR count). The molecule has 0 radical (unpaired) electrons. The monoisotopic (exact) mass is 210 g/mol. The van der Waals surface area contributed by atoms with E-state index in [0.29, 0.717) is 0 Å². The Balaban J connectivity index is 2.03. The number of hydrogen-bond acceptors (Lipinski definition) is 2. The molecule has 15 heavy (non-hydrogen) atoms. The van der Waals surface area contributed by atoms with Crippen molar-refractivity contribution in [3.05, 3.63) is 12.2 Å². The third-order valence-corrected chi connectivity index (χ3v) is 3.70. The Kier molecular flexibility index (Phi) is 3.47. The minimum Gasteiger partial charge on any atom is -0.353 e. The smallest absolute Gasteiger partial charge is 0.159 e. The molecule has 2 nitrogen and oxygen atoms in total. The van der Waals surface area contributed by atoms with Gasteiger partial charge in [-0.15, -0.1) is 0 Å². The van der Waals surface area contributed by atoms with Gasteiger partial charge in [0.2, 0.25) is 0 Å². The lowest BCUT2D eigenvalue weighted by atomic mass is 9.77. The molecule has 1 aliphatic heterocycles. The van der Waals surface area contributed by atoms with E-state index in [1.165, 1.54) is 24.8 Å². The Labute approximate surface area is 92.6 Å². The molecule has 1 unspecified atom stereocenters. The fraction of sp³-hybridized carbons (Fsp3) is 0.846. The zero-order valence-electron chi connectivity index (χ0n) is 9.76. The van der Waals surface area contributed by atoms with Gasteiger partial charge in [0, 0.05) is 13.0 Å².